The van der Waals surface area contributed by atoms with Crippen LogP contribution in [0.15, 0.2) is 157 Å². The molecule has 0 spiro atoms. The molecule has 0 bridgehead atoms. The molecular formula is C63H82N6O11Si. The Morgan fingerprint density at radius 1 is 0.593 bits per heavy atom. The molecule has 0 saturated carbocycles. The number of carboxylic acids is 1. The fraction of sp³-hybridized carbons (Fsp3) is 0.413. The Labute approximate surface area is 478 Å². The van der Waals surface area contributed by atoms with Crippen molar-refractivity contribution in [2.45, 2.75) is 154 Å². The number of nitrogens with zero attached hydrogens (tertiary/aromatic N) is 1. The molecule has 17 nitrogen and oxygen atoms in total. The molecule has 0 unspecified atom stereocenters. The Hall–Kier alpha value is -7.83. The van der Waals surface area contributed by atoms with Crippen LogP contribution in [0.5, 0.6) is 0 Å². The second-order valence-electron chi connectivity index (χ2n) is 23.5. The highest BCUT2D eigenvalue weighted by molar-refractivity contribution is 6.74. The lowest BCUT2D eigenvalue weighted by Gasteiger charge is -2.42. The summed E-state index contributed by atoms with van der Waals surface area (Å²) in [4.78, 5) is 87.7. The van der Waals surface area contributed by atoms with Crippen LogP contribution < -0.4 is 26.6 Å². The van der Waals surface area contributed by atoms with E-state index in [-0.39, 0.29) is 49.8 Å². The molecule has 0 radical (unpaired) electrons. The van der Waals surface area contributed by atoms with Crippen LogP contribution in [0.25, 0.3) is 0 Å². The first kappa shape index (κ1) is 64.0. The van der Waals surface area contributed by atoms with Gasteiger partial charge < -0.3 is 39.7 Å². The second-order valence-corrected chi connectivity index (χ2v) is 28.2. The average Bonchev–Trinajstić information content (AvgIpc) is 3.58. The third-order valence-corrected chi connectivity index (χ3v) is 18.1. The molecule has 5 aromatic carbocycles. The van der Waals surface area contributed by atoms with Crippen LogP contribution in [-0.4, -0.2) is 91.4 Å². The second kappa shape index (κ2) is 29.1. The molecule has 434 valence electrons. The molecule has 6 N–H and O–H groups in total. The molecule has 0 fully saturated rings. The zero-order chi connectivity index (χ0) is 59.4. The van der Waals surface area contributed by atoms with Crippen LogP contribution in [-0.2, 0) is 51.6 Å². The summed E-state index contributed by atoms with van der Waals surface area (Å²) in [5.74, 6) is -3.74. The maximum atomic E-state index is 15.3. The molecule has 0 aliphatic carbocycles. The van der Waals surface area contributed by atoms with Gasteiger partial charge in [-0.3, -0.25) is 30.0 Å². The van der Waals surface area contributed by atoms with Crippen molar-refractivity contribution < 1.29 is 52.5 Å². The van der Waals surface area contributed by atoms with E-state index in [0.717, 1.165) is 22.3 Å². The minimum absolute atomic E-state index is 0.0292. The van der Waals surface area contributed by atoms with Crippen molar-refractivity contribution in [2.24, 2.45) is 10.9 Å². The van der Waals surface area contributed by atoms with E-state index in [1.165, 1.54) is 0 Å². The molecule has 4 atom stereocenters. The average molecular weight is 1130 g/mol. The molecule has 0 aliphatic rings. The highest BCUT2D eigenvalue weighted by Gasteiger charge is 2.44. The van der Waals surface area contributed by atoms with E-state index in [4.69, 9.17) is 18.6 Å². The van der Waals surface area contributed by atoms with E-state index in [9.17, 15) is 24.3 Å². The maximum absolute atomic E-state index is 15.3. The van der Waals surface area contributed by atoms with Gasteiger partial charge in [0, 0.05) is 6.54 Å². The fourth-order valence-corrected chi connectivity index (χ4v) is 10.1. The summed E-state index contributed by atoms with van der Waals surface area (Å²) >= 11 is 0. The lowest BCUT2D eigenvalue weighted by atomic mass is 9.77. The van der Waals surface area contributed by atoms with Gasteiger partial charge in [0.1, 0.15) is 29.4 Å². The number of ether oxygens (including phenoxy) is 3. The Bertz CT molecular complexity index is 2730. The van der Waals surface area contributed by atoms with Crippen molar-refractivity contribution in [1.29, 1.82) is 0 Å². The summed E-state index contributed by atoms with van der Waals surface area (Å²) < 4.78 is 23.6. The van der Waals surface area contributed by atoms with Gasteiger partial charge in [-0.05, 0) is 113 Å². The van der Waals surface area contributed by atoms with Gasteiger partial charge in [-0.15, -0.1) is 0 Å². The van der Waals surface area contributed by atoms with E-state index in [0.29, 0.717) is 5.56 Å². The number of aliphatic carboxylic acids is 1. The standard InChI is InChI=1S/C63H82N6O11Si/c1-60(2,3)78-58(75)67-56(68-59(76)79-61(4,5)6)64-39-27-32-46(55(72)73)41-52(80-81(10,11)62(7,8)9)50(40-44-28-17-12-18-29-44)65-54(71)51(66-57(74)77-43-45-30-19-13-20-31-45)42-53(70)69-63(47-33-21-14-22-34-47,48-35-23-15-24-36-48)49-37-25-16-26-38-49/h12-26,28-31,33-38,46,50-52H,27,32,39-43H2,1-11H3,(H,65,71)(H,66,74)(H,69,70)(H,72,73)(H2,64,67,68,75,76)/t46-,50+,51+,52+/m1/s1. The number of guanidine groups is 1. The normalized spacial score (nSPS) is 13.4. The van der Waals surface area contributed by atoms with E-state index in [1.807, 2.05) is 153 Å². The zero-order valence-corrected chi connectivity index (χ0v) is 49.7. The van der Waals surface area contributed by atoms with Crippen molar-refractivity contribution in [3.63, 3.8) is 0 Å². The van der Waals surface area contributed by atoms with Crippen molar-refractivity contribution in [3.05, 3.63) is 179 Å². The Morgan fingerprint density at radius 2 is 1.04 bits per heavy atom. The number of rotatable bonds is 23. The van der Waals surface area contributed by atoms with Gasteiger partial charge in [-0.2, -0.15) is 0 Å². The van der Waals surface area contributed by atoms with Crippen LogP contribution in [0.2, 0.25) is 18.1 Å². The molecule has 0 heterocycles. The van der Waals surface area contributed by atoms with Gasteiger partial charge in [0.25, 0.3) is 0 Å². The SMILES string of the molecule is CC(C)(C)OC(=O)NC(=NCCC[C@H](C[C@H](O[Si](C)(C)C(C)(C)C)[C@H](Cc1ccccc1)NC(=O)[C@H](CC(=O)NC(c1ccccc1)(c1ccccc1)c1ccccc1)NC(=O)OCc1ccccc1)C(=O)O)NC(=O)OC(C)(C)C. The fourth-order valence-electron chi connectivity index (χ4n) is 8.68. The van der Waals surface area contributed by atoms with Crippen LogP contribution in [0.1, 0.15) is 116 Å². The first-order chi connectivity index (χ1) is 38.1. The number of hydrogen-bond donors (Lipinski definition) is 6. The minimum atomic E-state index is -2.79. The number of hydrogen-bond acceptors (Lipinski definition) is 11. The number of carboxylic acid groups (broad SMARTS) is 1. The van der Waals surface area contributed by atoms with E-state index < -0.39 is 91.6 Å². The quantitative estimate of drug-likeness (QED) is 0.00899. The Balaban J connectivity index is 1.53. The number of carbonyl (C=O) groups is 6. The van der Waals surface area contributed by atoms with Gasteiger partial charge in [-0.25, -0.2) is 14.4 Å². The lowest BCUT2D eigenvalue weighted by Crippen LogP contribution is -2.58. The summed E-state index contributed by atoms with van der Waals surface area (Å²) in [5, 5.41) is 24.7. The number of aliphatic imine (C=N–C) groups is 1. The van der Waals surface area contributed by atoms with Gasteiger partial charge in [0.05, 0.1) is 24.5 Å². The van der Waals surface area contributed by atoms with Crippen molar-refractivity contribution in [1.82, 2.24) is 26.6 Å². The van der Waals surface area contributed by atoms with E-state index in [2.05, 4.69) is 52.3 Å². The molecule has 5 amide bonds. The van der Waals surface area contributed by atoms with Crippen molar-refractivity contribution in [2.75, 3.05) is 6.54 Å². The molecule has 18 heteroatoms. The number of amides is 5. The molecular weight excluding hydrogens is 1040 g/mol. The van der Waals surface area contributed by atoms with E-state index in [1.54, 1.807) is 53.7 Å². The minimum Gasteiger partial charge on any atom is -0.481 e. The lowest BCUT2D eigenvalue weighted by molar-refractivity contribution is -0.143. The summed E-state index contributed by atoms with van der Waals surface area (Å²) in [5.41, 5.74) is 0.763. The van der Waals surface area contributed by atoms with Crippen LogP contribution in [0, 0.1) is 5.92 Å². The predicted octanol–water partition coefficient (Wildman–Crippen LogP) is 11.2. The summed E-state index contributed by atoms with van der Waals surface area (Å²) in [7, 11) is -2.79. The smallest absolute Gasteiger partial charge is 0.414 e. The molecule has 0 aromatic heterocycles. The Kier molecular flexibility index (Phi) is 23.0. The van der Waals surface area contributed by atoms with Gasteiger partial charge in [0.2, 0.25) is 17.8 Å². The number of alkyl carbamates (subject to hydrolysis) is 3. The van der Waals surface area contributed by atoms with E-state index >= 15 is 9.59 Å². The third-order valence-electron chi connectivity index (χ3n) is 13.6. The largest absolute Gasteiger partial charge is 0.481 e. The van der Waals surface area contributed by atoms with Crippen LogP contribution >= 0.6 is 0 Å². The molecule has 5 rings (SSSR count). The van der Waals surface area contributed by atoms with Crippen LogP contribution in [0.3, 0.4) is 0 Å². The highest BCUT2D eigenvalue weighted by Crippen LogP contribution is 2.40. The topological polar surface area (TPSA) is 232 Å². The summed E-state index contributed by atoms with van der Waals surface area (Å²) in [6.45, 7) is 20.2. The van der Waals surface area contributed by atoms with Crippen LogP contribution in [0.4, 0.5) is 14.4 Å². The van der Waals surface area contributed by atoms with Crippen molar-refractivity contribution in [3.8, 4) is 0 Å². The predicted molar refractivity (Wildman–Crippen MR) is 316 cm³/mol. The number of benzene rings is 5. The number of carbonyl (C=O) groups excluding carboxylic acids is 5. The first-order valence-corrected chi connectivity index (χ1v) is 30.3. The molecule has 0 saturated heterocycles. The van der Waals surface area contributed by atoms with Gasteiger partial charge in [0.15, 0.2) is 8.32 Å². The third kappa shape index (κ3) is 20.7. The van der Waals surface area contributed by atoms with Crippen molar-refractivity contribution >= 4 is 50.3 Å². The van der Waals surface area contributed by atoms with Gasteiger partial charge in [-0.1, -0.05) is 172 Å². The Morgan fingerprint density at radius 3 is 1.47 bits per heavy atom. The molecule has 81 heavy (non-hydrogen) atoms. The highest BCUT2D eigenvalue weighted by atomic mass is 28.4. The summed E-state index contributed by atoms with van der Waals surface area (Å²) in [6.07, 6.45) is -3.82. The number of nitrogens with one attached hydrogen (secondary N) is 5. The zero-order valence-electron chi connectivity index (χ0n) is 48.7. The van der Waals surface area contributed by atoms with Gasteiger partial charge >= 0.3 is 24.2 Å². The monoisotopic (exact) mass is 1130 g/mol. The maximum Gasteiger partial charge on any atom is 0.414 e. The first-order valence-electron chi connectivity index (χ1n) is 27.4. The molecule has 5 aromatic rings. The summed E-state index contributed by atoms with van der Waals surface area (Å²) in [6, 6.07) is 44.4. The molecule has 0 aliphatic heterocycles.